The van der Waals surface area contributed by atoms with Crippen LogP contribution in [-0.4, -0.2) is 32.4 Å². The summed E-state index contributed by atoms with van der Waals surface area (Å²) in [5.74, 6) is 0.784. The number of rotatable bonds is 15. The number of allylic oxidation sites excluding steroid dienone is 5. The smallest absolute Gasteiger partial charge is 0.312 e. The van der Waals surface area contributed by atoms with Gasteiger partial charge in [-0.15, -0.1) is 0 Å². The highest BCUT2D eigenvalue weighted by Gasteiger charge is 1.97. The van der Waals surface area contributed by atoms with Gasteiger partial charge in [0.15, 0.2) is 0 Å². The Morgan fingerprint density at radius 1 is 1.19 bits per heavy atom. The molecule has 0 fully saturated rings. The largest absolute Gasteiger partial charge is 0.491 e. The van der Waals surface area contributed by atoms with E-state index in [2.05, 4.69) is 31.8 Å². The highest BCUT2D eigenvalue weighted by atomic mass is 16.5. The minimum atomic E-state index is -0.539. The van der Waals surface area contributed by atoms with Crippen LogP contribution in [0.2, 0.25) is 0 Å². The first-order valence-electron chi connectivity index (χ1n) is 9.22. The Balaban J connectivity index is 4.25. The predicted octanol–water partition coefficient (Wildman–Crippen LogP) is 4.40. The van der Waals surface area contributed by atoms with Gasteiger partial charge in [0.05, 0.1) is 13.2 Å². The number of urea groups is 1. The highest BCUT2D eigenvalue weighted by Crippen LogP contribution is 2.04. The number of nitrogens with two attached hydrogens (primary N) is 1. The lowest BCUT2D eigenvalue weighted by Gasteiger charge is -2.09. The van der Waals surface area contributed by atoms with Crippen molar-refractivity contribution in [2.75, 3.05) is 26.4 Å². The molecule has 0 aliphatic rings. The van der Waals surface area contributed by atoms with Gasteiger partial charge in [0.25, 0.3) is 0 Å². The van der Waals surface area contributed by atoms with E-state index in [-0.39, 0.29) is 0 Å². The summed E-state index contributed by atoms with van der Waals surface area (Å²) in [4.78, 5) is 10.7. The molecule has 3 N–H and O–H groups in total. The van der Waals surface area contributed by atoms with Gasteiger partial charge in [-0.2, -0.15) is 0 Å². The Kier molecular flexibility index (Phi) is 16.0. The second kappa shape index (κ2) is 17.5. The van der Waals surface area contributed by atoms with Crippen LogP contribution < -0.4 is 11.1 Å². The van der Waals surface area contributed by atoms with Crippen molar-refractivity contribution >= 4 is 6.03 Å². The molecule has 0 aromatic carbocycles. The Labute approximate surface area is 158 Å². The van der Waals surface area contributed by atoms with Crippen LogP contribution in [0.25, 0.3) is 0 Å². The van der Waals surface area contributed by atoms with Gasteiger partial charge in [-0.05, 0) is 30.6 Å². The van der Waals surface area contributed by atoms with E-state index >= 15 is 0 Å². The van der Waals surface area contributed by atoms with Gasteiger partial charge < -0.3 is 20.5 Å². The summed E-state index contributed by atoms with van der Waals surface area (Å²) in [6.45, 7) is 9.70. The number of nitrogens with one attached hydrogen (secondary N) is 1. The van der Waals surface area contributed by atoms with Gasteiger partial charge in [-0.3, -0.25) is 0 Å². The van der Waals surface area contributed by atoms with E-state index in [0.717, 1.165) is 24.2 Å². The fourth-order valence-corrected chi connectivity index (χ4v) is 1.92. The number of hydrogen-bond acceptors (Lipinski definition) is 3. The van der Waals surface area contributed by atoms with Crippen molar-refractivity contribution in [2.45, 2.75) is 39.5 Å². The van der Waals surface area contributed by atoms with Crippen molar-refractivity contribution in [2.24, 2.45) is 5.73 Å². The Morgan fingerprint density at radius 2 is 2.00 bits per heavy atom. The van der Waals surface area contributed by atoms with Gasteiger partial charge in [-0.1, -0.05) is 63.6 Å². The molecule has 0 atom stereocenters. The van der Waals surface area contributed by atoms with E-state index in [1.807, 2.05) is 30.4 Å². The van der Waals surface area contributed by atoms with E-state index in [9.17, 15) is 4.79 Å². The molecular formula is C21H34N2O3. The zero-order valence-corrected chi connectivity index (χ0v) is 16.2. The number of hydrogen-bond donors (Lipinski definition) is 2. The number of amides is 2. The van der Waals surface area contributed by atoms with E-state index in [4.69, 9.17) is 15.2 Å². The maximum Gasteiger partial charge on any atom is 0.312 e. The molecule has 0 aliphatic heterocycles. The monoisotopic (exact) mass is 362 g/mol. The van der Waals surface area contributed by atoms with E-state index in [0.29, 0.717) is 26.4 Å². The molecule has 0 radical (unpaired) electrons. The summed E-state index contributed by atoms with van der Waals surface area (Å²) in [5, 5.41) is 2.54. The molecule has 0 saturated carbocycles. The lowest BCUT2D eigenvalue weighted by atomic mass is 10.2. The molecule has 5 nitrogen and oxygen atoms in total. The molecule has 0 saturated heterocycles. The van der Waals surface area contributed by atoms with Crippen molar-refractivity contribution in [3.05, 3.63) is 60.4 Å². The molecule has 0 heterocycles. The zero-order chi connectivity index (χ0) is 19.5. The zero-order valence-electron chi connectivity index (χ0n) is 16.2. The second-order valence-electron chi connectivity index (χ2n) is 5.59. The minimum Gasteiger partial charge on any atom is -0.491 e. The molecule has 0 aromatic heterocycles. The van der Waals surface area contributed by atoms with Crippen molar-refractivity contribution in [3.8, 4) is 0 Å². The van der Waals surface area contributed by atoms with Crippen LogP contribution in [0.15, 0.2) is 60.4 Å². The van der Waals surface area contributed by atoms with Crippen molar-refractivity contribution in [1.29, 1.82) is 0 Å². The Hall–Kier alpha value is -2.27. The van der Waals surface area contributed by atoms with Crippen molar-refractivity contribution in [3.63, 3.8) is 0 Å². The second-order valence-corrected chi connectivity index (χ2v) is 5.59. The summed E-state index contributed by atoms with van der Waals surface area (Å²) in [5.41, 5.74) is 6.05. The molecule has 0 rings (SSSR count). The lowest BCUT2D eigenvalue weighted by molar-refractivity contribution is 0.0925. The van der Waals surface area contributed by atoms with Gasteiger partial charge >= 0.3 is 6.03 Å². The number of carbonyl (C=O) groups excluding carboxylic acids is 1. The number of carbonyl (C=O) groups is 1. The van der Waals surface area contributed by atoms with Crippen LogP contribution in [0.5, 0.6) is 0 Å². The topological polar surface area (TPSA) is 73.6 Å². The molecule has 26 heavy (non-hydrogen) atoms. The van der Waals surface area contributed by atoms with Crippen LogP contribution in [0, 0.1) is 0 Å². The fraction of sp³-hybridized carbons (Fsp3) is 0.476. The van der Waals surface area contributed by atoms with Crippen molar-refractivity contribution in [1.82, 2.24) is 5.32 Å². The normalized spacial score (nSPS) is 12.7. The molecule has 0 spiro atoms. The van der Waals surface area contributed by atoms with Gasteiger partial charge in [0, 0.05) is 6.54 Å². The van der Waals surface area contributed by atoms with E-state index < -0.39 is 6.03 Å². The average Bonchev–Trinajstić information content (AvgIpc) is 2.61. The summed E-state index contributed by atoms with van der Waals surface area (Å²) in [7, 11) is 0. The maximum absolute atomic E-state index is 10.7. The lowest BCUT2D eigenvalue weighted by Crippen LogP contribution is -2.29. The SMILES string of the molecule is C=C/C=C(\C=C/CCCC)OCCOCC(/C=C\CC)=C/CNC(N)=O. The van der Waals surface area contributed by atoms with Gasteiger partial charge in [-0.25, -0.2) is 4.79 Å². The van der Waals surface area contributed by atoms with Gasteiger partial charge in [0.1, 0.15) is 12.4 Å². The van der Waals surface area contributed by atoms with Crippen LogP contribution in [-0.2, 0) is 9.47 Å². The highest BCUT2D eigenvalue weighted by molar-refractivity contribution is 5.71. The number of primary amides is 1. The number of ether oxygens (including phenoxy) is 2. The molecule has 0 unspecified atom stereocenters. The molecule has 5 heteroatoms. The fourth-order valence-electron chi connectivity index (χ4n) is 1.92. The first kappa shape index (κ1) is 23.7. The summed E-state index contributed by atoms with van der Waals surface area (Å²) < 4.78 is 11.4. The Morgan fingerprint density at radius 3 is 2.65 bits per heavy atom. The van der Waals surface area contributed by atoms with Crippen LogP contribution in [0.3, 0.4) is 0 Å². The Bertz CT molecular complexity index is 505. The van der Waals surface area contributed by atoms with Crippen LogP contribution in [0.1, 0.15) is 39.5 Å². The van der Waals surface area contributed by atoms with Crippen LogP contribution >= 0.6 is 0 Å². The van der Waals surface area contributed by atoms with E-state index in [1.54, 1.807) is 6.08 Å². The van der Waals surface area contributed by atoms with E-state index in [1.165, 1.54) is 12.8 Å². The minimum absolute atomic E-state index is 0.382. The summed E-state index contributed by atoms with van der Waals surface area (Å²) in [6, 6.07) is -0.539. The number of unbranched alkanes of at least 4 members (excludes halogenated alkanes) is 2. The first-order valence-corrected chi connectivity index (χ1v) is 9.22. The third-order valence-corrected chi connectivity index (χ3v) is 3.26. The molecule has 0 aromatic rings. The molecule has 146 valence electrons. The predicted molar refractivity (Wildman–Crippen MR) is 109 cm³/mol. The summed E-state index contributed by atoms with van der Waals surface area (Å²) >= 11 is 0. The molecule has 0 aliphatic carbocycles. The standard InChI is InChI=1S/C21H34N2O3/c1-4-7-9-10-13-20(11-6-3)26-17-16-25-18-19(12-8-5-2)14-15-23-21(22)24/h6,8,10-14H,3-5,7,9,15-18H2,1-2H3,(H3,22,23,24)/b12-8-,13-10-,19-14+,20-11+. The first-order chi connectivity index (χ1) is 12.6. The maximum atomic E-state index is 10.7. The molecule has 2 amide bonds. The quantitative estimate of drug-likeness (QED) is 0.258. The van der Waals surface area contributed by atoms with Crippen molar-refractivity contribution < 1.29 is 14.3 Å². The molecule has 0 bridgehead atoms. The third kappa shape index (κ3) is 15.3. The average molecular weight is 363 g/mol. The van der Waals surface area contributed by atoms with Gasteiger partial charge in [0.2, 0.25) is 0 Å². The van der Waals surface area contributed by atoms with Crippen LogP contribution in [0.4, 0.5) is 4.79 Å². The third-order valence-electron chi connectivity index (χ3n) is 3.26. The summed E-state index contributed by atoms with van der Waals surface area (Å²) in [6.07, 6.45) is 17.9. The molecular weight excluding hydrogens is 328 g/mol.